The number of nitrogens with one attached hydrogen (secondary N) is 3. The number of rotatable bonds is 6. The van der Waals surface area contributed by atoms with Crippen LogP contribution in [0.25, 0.3) is 0 Å². The monoisotopic (exact) mass is 473 g/mol. The molecule has 0 saturated heterocycles. The standard InChI is InChI=1S/C18H27N5O2.HI/c1-20-18(23-15-5-3-2-4-6-15)22-11-13-7-9-14(10-8-13)17(25)21-12-16(19)24;/h7-10,15H,2-6,11-12H2,1H3,(H2,19,24)(H,21,25)(H2,20,22,23);1H. The molecule has 1 saturated carbocycles. The van der Waals surface area contributed by atoms with Gasteiger partial charge in [-0.15, -0.1) is 24.0 Å². The first kappa shape index (κ1) is 22.2. The Balaban J connectivity index is 0.00000338. The maximum Gasteiger partial charge on any atom is 0.251 e. The molecule has 0 heterocycles. The highest BCUT2D eigenvalue weighted by atomic mass is 127. The van der Waals surface area contributed by atoms with Crippen molar-refractivity contribution in [2.45, 2.75) is 44.7 Å². The Morgan fingerprint density at radius 3 is 2.35 bits per heavy atom. The molecule has 26 heavy (non-hydrogen) atoms. The molecule has 1 aromatic carbocycles. The van der Waals surface area contributed by atoms with Gasteiger partial charge in [-0.25, -0.2) is 0 Å². The van der Waals surface area contributed by atoms with Crippen molar-refractivity contribution in [2.75, 3.05) is 13.6 Å². The quantitative estimate of drug-likeness (QED) is 0.286. The maximum absolute atomic E-state index is 11.8. The molecule has 2 amide bonds. The average molecular weight is 473 g/mol. The van der Waals surface area contributed by atoms with Crippen LogP contribution in [0.1, 0.15) is 48.0 Å². The minimum Gasteiger partial charge on any atom is -0.368 e. The van der Waals surface area contributed by atoms with Crippen molar-refractivity contribution in [1.82, 2.24) is 16.0 Å². The van der Waals surface area contributed by atoms with E-state index in [1.807, 2.05) is 12.1 Å². The van der Waals surface area contributed by atoms with Crippen LogP contribution in [0.2, 0.25) is 0 Å². The molecule has 5 N–H and O–H groups in total. The van der Waals surface area contributed by atoms with Crippen LogP contribution in [-0.4, -0.2) is 37.4 Å². The third kappa shape index (κ3) is 7.59. The van der Waals surface area contributed by atoms with Crippen molar-refractivity contribution in [3.63, 3.8) is 0 Å². The van der Waals surface area contributed by atoms with Gasteiger partial charge in [0.25, 0.3) is 5.91 Å². The van der Waals surface area contributed by atoms with E-state index in [-0.39, 0.29) is 36.4 Å². The number of hydrogen-bond donors (Lipinski definition) is 4. The van der Waals surface area contributed by atoms with E-state index in [4.69, 9.17) is 5.73 Å². The van der Waals surface area contributed by atoms with E-state index in [9.17, 15) is 9.59 Å². The molecule has 0 unspecified atom stereocenters. The van der Waals surface area contributed by atoms with Crippen LogP contribution in [0.3, 0.4) is 0 Å². The van der Waals surface area contributed by atoms with E-state index in [2.05, 4.69) is 20.9 Å². The predicted octanol–water partition coefficient (Wildman–Crippen LogP) is 1.52. The summed E-state index contributed by atoms with van der Waals surface area (Å²) in [5.74, 6) is -0.0747. The van der Waals surface area contributed by atoms with Crippen LogP contribution < -0.4 is 21.7 Å². The number of carbonyl (C=O) groups is 2. The number of aliphatic imine (C=N–C) groups is 1. The number of nitrogens with zero attached hydrogens (tertiary/aromatic N) is 1. The third-order valence-electron chi connectivity index (χ3n) is 4.27. The first-order chi connectivity index (χ1) is 12.1. The fourth-order valence-electron chi connectivity index (χ4n) is 2.86. The van der Waals surface area contributed by atoms with Gasteiger partial charge in [-0.1, -0.05) is 31.4 Å². The number of nitrogens with two attached hydrogens (primary N) is 1. The Morgan fingerprint density at radius 1 is 1.12 bits per heavy atom. The smallest absolute Gasteiger partial charge is 0.251 e. The van der Waals surface area contributed by atoms with E-state index < -0.39 is 5.91 Å². The van der Waals surface area contributed by atoms with Crippen LogP contribution in [0.15, 0.2) is 29.3 Å². The van der Waals surface area contributed by atoms with Gasteiger partial charge in [0.15, 0.2) is 5.96 Å². The molecule has 0 aliphatic heterocycles. The Morgan fingerprint density at radius 2 is 1.77 bits per heavy atom. The van der Waals surface area contributed by atoms with Crippen LogP contribution >= 0.6 is 24.0 Å². The predicted molar refractivity (Wildman–Crippen MR) is 114 cm³/mol. The highest BCUT2D eigenvalue weighted by Crippen LogP contribution is 2.17. The fourth-order valence-corrected chi connectivity index (χ4v) is 2.86. The lowest BCUT2D eigenvalue weighted by Crippen LogP contribution is -2.43. The zero-order valence-corrected chi connectivity index (χ0v) is 17.4. The van der Waals surface area contributed by atoms with Crippen LogP contribution in [0, 0.1) is 0 Å². The summed E-state index contributed by atoms with van der Waals surface area (Å²) in [5.41, 5.74) is 6.55. The summed E-state index contributed by atoms with van der Waals surface area (Å²) >= 11 is 0. The van der Waals surface area contributed by atoms with E-state index in [0.717, 1.165) is 11.5 Å². The van der Waals surface area contributed by atoms with Crippen molar-refractivity contribution >= 4 is 41.8 Å². The molecule has 0 aromatic heterocycles. The molecule has 144 valence electrons. The van der Waals surface area contributed by atoms with Gasteiger partial charge in [0.05, 0.1) is 6.54 Å². The molecule has 1 aromatic rings. The van der Waals surface area contributed by atoms with E-state index in [1.54, 1.807) is 19.2 Å². The minimum atomic E-state index is -0.564. The second-order valence-electron chi connectivity index (χ2n) is 6.25. The maximum atomic E-state index is 11.8. The molecule has 8 heteroatoms. The molecule has 0 spiro atoms. The SMILES string of the molecule is CN=C(NCc1ccc(C(=O)NCC(N)=O)cc1)NC1CCCCC1.I. The van der Waals surface area contributed by atoms with Crippen molar-refractivity contribution < 1.29 is 9.59 Å². The lowest BCUT2D eigenvalue weighted by Gasteiger charge is -2.24. The van der Waals surface area contributed by atoms with Crippen molar-refractivity contribution in [3.8, 4) is 0 Å². The zero-order chi connectivity index (χ0) is 18.1. The molecule has 1 fully saturated rings. The molecule has 1 aliphatic rings. The second kappa shape index (κ2) is 11.7. The first-order valence-electron chi connectivity index (χ1n) is 8.71. The Kier molecular flexibility index (Phi) is 10.0. The van der Waals surface area contributed by atoms with Crippen molar-refractivity contribution in [3.05, 3.63) is 35.4 Å². The lowest BCUT2D eigenvalue weighted by atomic mass is 9.96. The molecule has 1 aliphatic carbocycles. The molecule has 2 rings (SSSR count). The number of amides is 2. The Labute approximate surface area is 171 Å². The van der Waals surface area contributed by atoms with Gasteiger partial charge in [0.2, 0.25) is 5.91 Å². The van der Waals surface area contributed by atoms with Gasteiger partial charge < -0.3 is 21.7 Å². The molecule has 0 bridgehead atoms. The number of guanidine groups is 1. The second-order valence-corrected chi connectivity index (χ2v) is 6.25. The van der Waals surface area contributed by atoms with Crippen molar-refractivity contribution in [1.29, 1.82) is 0 Å². The molecule has 0 atom stereocenters. The van der Waals surface area contributed by atoms with Gasteiger partial charge >= 0.3 is 0 Å². The summed E-state index contributed by atoms with van der Waals surface area (Å²) in [7, 11) is 1.77. The summed E-state index contributed by atoms with van der Waals surface area (Å²) < 4.78 is 0. The number of carbonyl (C=O) groups excluding carboxylic acids is 2. The van der Waals surface area contributed by atoms with Gasteiger partial charge in [0.1, 0.15) is 0 Å². The van der Waals surface area contributed by atoms with Crippen LogP contribution in [0.4, 0.5) is 0 Å². The number of primary amides is 1. The molecular weight excluding hydrogens is 445 g/mol. The van der Waals surface area contributed by atoms with E-state index in [0.29, 0.717) is 18.2 Å². The highest BCUT2D eigenvalue weighted by Gasteiger charge is 2.14. The summed E-state index contributed by atoms with van der Waals surface area (Å²) in [4.78, 5) is 26.8. The van der Waals surface area contributed by atoms with E-state index >= 15 is 0 Å². The van der Waals surface area contributed by atoms with Gasteiger partial charge in [-0.3, -0.25) is 14.6 Å². The summed E-state index contributed by atoms with van der Waals surface area (Å²) in [6, 6.07) is 7.70. The molecule has 7 nitrogen and oxygen atoms in total. The highest BCUT2D eigenvalue weighted by molar-refractivity contribution is 14.0. The minimum absolute atomic E-state index is 0. The largest absolute Gasteiger partial charge is 0.368 e. The normalized spacial score (nSPS) is 14.9. The molecular formula is C18H28IN5O2. The number of benzene rings is 1. The van der Waals surface area contributed by atoms with Gasteiger partial charge in [-0.05, 0) is 30.5 Å². The summed E-state index contributed by atoms with van der Waals surface area (Å²) in [6.45, 7) is 0.459. The average Bonchev–Trinajstić information content (AvgIpc) is 2.64. The van der Waals surface area contributed by atoms with Crippen molar-refractivity contribution in [2.24, 2.45) is 10.7 Å². The van der Waals surface area contributed by atoms with Gasteiger partial charge in [0, 0.05) is 25.2 Å². The first-order valence-corrected chi connectivity index (χ1v) is 8.71. The number of halogens is 1. The lowest BCUT2D eigenvalue weighted by molar-refractivity contribution is -0.117. The number of hydrogen-bond acceptors (Lipinski definition) is 3. The van der Waals surface area contributed by atoms with Crippen LogP contribution in [-0.2, 0) is 11.3 Å². The van der Waals surface area contributed by atoms with E-state index in [1.165, 1.54) is 32.1 Å². The summed E-state index contributed by atoms with van der Waals surface area (Å²) in [5, 5.41) is 9.23. The third-order valence-corrected chi connectivity index (χ3v) is 4.27. The van der Waals surface area contributed by atoms with Crippen LogP contribution in [0.5, 0.6) is 0 Å². The summed E-state index contributed by atoms with van der Waals surface area (Å²) in [6.07, 6.45) is 6.25. The zero-order valence-electron chi connectivity index (χ0n) is 15.1. The van der Waals surface area contributed by atoms with Gasteiger partial charge in [-0.2, -0.15) is 0 Å². The molecule has 0 radical (unpaired) electrons. The Bertz CT molecular complexity index is 613. The topological polar surface area (TPSA) is 109 Å². The Hall–Kier alpha value is -1.84. The fraction of sp³-hybridized carbons (Fsp3) is 0.500.